The minimum absolute atomic E-state index is 0.198. The molecule has 1 atom stereocenters. The van der Waals surface area contributed by atoms with Crippen LogP contribution >= 0.6 is 11.5 Å². The number of hydrogen-bond acceptors (Lipinski definition) is 6. The van der Waals surface area contributed by atoms with Crippen LogP contribution in [-0.2, 0) is 4.79 Å². The predicted molar refractivity (Wildman–Crippen MR) is 118 cm³/mol. The Morgan fingerprint density at radius 3 is 2.40 bits per heavy atom. The lowest BCUT2D eigenvalue weighted by molar-refractivity contribution is -0.123. The van der Waals surface area contributed by atoms with Gasteiger partial charge in [0.05, 0.1) is 0 Å². The first-order chi connectivity index (χ1) is 14.2. The summed E-state index contributed by atoms with van der Waals surface area (Å²) in [7, 11) is 0. The Labute approximate surface area is 180 Å². The maximum absolute atomic E-state index is 13.6. The summed E-state index contributed by atoms with van der Waals surface area (Å²) in [4.78, 5) is 32.6. The number of nitrogens with one attached hydrogen (secondary N) is 1. The predicted octanol–water partition coefficient (Wildman–Crippen LogP) is 3.85. The molecular formula is C22H25N5O2S. The van der Waals surface area contributed by atoms with Gasteiger partial charge in [-0.2, -0.15) is 0 Å². The van der Waals surface area contributed by atoms with Crippen molar-refractivity contribution >= 4 is 29.0 Å². The first-order valence-corrected chi connectivity index (χ1v) is 10.4. The second-order valence-corrected chi connectivity index (χ2v) is 8.72. The van der Waals surface area contributed by atoms with Crippen molar-refractivity contribution in [3.63, 3.8) is 0 Å². The highest BCUT2D eigenvalue weighted by atomic mass is 32.1. The molecular weight excluding hydrogens is 398 g/mol. The zero-order chi connectivity index (χ0) is 21.9. The molecule has 3 rings (SSSR count). The van der Waals surface area contributed by atoms with Crippen molar-refractivity contribution in [3.8, 4) is 0 Å². The summed E-state index contributed by atoms with van der Waals surface area (Å²) in [5.41, 5.74) is 2.97. The van der Waals surface area contributed by atoms with Crippen LogP contribution in [0.2, 0.25) is 0 Å². The van der Waals surface area contributed by atoms with Crippen LogP contribution in [0.4, 0.5) is 5.69 Å². The molecule has 156 valence electrons. The van der Waals surface area contributed by atoms with Crippen molar-refractivity contribution in [2.24, 2.45) is 0 Å². The van der Waals surface area contributed by atoms with Gasteiger partial charge >= 0.3 is 0 Å². The fourth-order valence-electron chi connectivity index (χ4n) is 3.14. The molecule has 0 aliphatic heterocycles. The SMILES string of the molecule is Cc1cccc(N(C(=O)c2csnn2)C(C(=O)NC(C)(C)C)c2ccncc2)c1C. The number of carbonyl (C=O) groups is 2. The fourth-order valence-corrected chi connectivity index (χ4v) is 3.57. The van der Waals surface area contributed by atoms with Gasteiger partial charge in [-0.1, -0.05) is 16.6 Å². The zero-order valence-corrected chi connectivity index (χ0v) is 18.5. The topological polar surface area (TPSA) is 88.1 Å². The molecule has 3 aromatic rings. The summed E-state index contributed by atoms with van der Waals surface area (Å²) >= 11 is 1.09. The highest BCUT2D eigenvalue weighted by Gasteiger charge is 2.36. The zero-order valence-electron chi connectivity index (χ0n) is 17.7. The third-order valence-electron chi connectivity index (χ3n) is 4.66. The number of nitrogens with zero attached hydrogens (tertiary/aromatic N) is 4. The summed E-state index contributed by atoms with van der Waals surface area (Å²) in [5, 5.41) is 8.56. The first-order valence-electron chi connectivity index (χ1n) is 9.58. The van der Waals surface area contributed by atoms with Crippen molar-refractivity contribution < 1.29 is 9.59 Å². The molecule has 1 aromatic carbocycles. The fraction of sp³-hybridized carbons (Fsp3) is 0.318. The number of hydrogen-bond donors (Lipinski definition) is 1. The quantitative estimate of drug-likeness (QED) is 0.673. The van der Waals surface area contributed by atoms with E-state index >= 15 is 0 Å². The van der Waals surface area contributed by atoms with Gasteiger partial charge in [-0.05, 0) is 81.0 Å². The largest absolute Gasteiger partial charge is 0.349 e. The van der Waals surface area contributed by atoms with Crippen LogP contribution in [0.1, 0.15) is 54.0 Å². The standard InChI is InChI=1S/C22H25N5O2S/c1-14-7-6-8-18(15(14)2)27(21(29)17-13-30-26-25-17)19(16-9-11-23-12-10-16)20(28)24-22(3,4)5/h6-13,19H,1-5H3,(H,24,28). The van der Waals surface area contributed by atoms with E-state index in [1.165, 1.54) is 4.90 Å². The average Bonchev–Trinajstić information content (AvgIpc) is 3.22. The van der Waals surface area contributed by atoms with Gasteiger partial charge in [0.2, 0.25) is 5.91 Å². The first kappa shape index (κ1) is 21.6. The Kier molecular flexibility index (Phi) is 6.26. The Morgan fingerprint density at radius 1 is 1.10 bits per heavy atom. The molecule has 1 unspecified atom stereocenters. The molecule has 0 aliphatic carbocycles. The Bertz CT molecular complexity index is 1030. The second kappa shape index (κ2) is 8.71. The average molecular weight is 424 g/mol. The van der Waals surface area contributed by atoms with Crippen molar-refractivity contribution in [2.75, 3.05) is 4.90 Å². The van der Waals surface area contributed by atoms with E-state index in [-0.39, 0.29) is 17.5 Å². The van der Waals surface area contributed by atoms with Gasteiger partial charge in [0.15, 0.2) is 5.69 Å². The molecule has 2 aromatic heterocycles. The smallest absolute Gasteiger partial charge is 0.280 e. The number of carbonyl (C=O) groups excluding carboxylic acids is 2. The molecule has 1 N–H and O–H groups in total. The van der Waals surface area contributed by atoms with Gasteiger partial charge in [-0.3, -0.25) is 19.5 Å². The van der Waals surface area contributed by atoms with E-state index in [1.54, 1.807) is 29.9 Å². The van der Waals surface area contributed by atoms with Crippen LogP contribution in [0, 0.1) is 13.8 Å². The van der Waals surface area contributed by atoms with Crippen molar-refractivity contribution in [2.45, 2.75) is 46.2 Å². The van der Waals surface area contributed by atoms with Crippen molar-refractivity contribution in [3.05, 3.63) is 70.5 Å². The number of amides is 2. The van der Waals surface area contributed by atoms with Gasteiger partial charge < -0.3 is 5.32 Å². The van der Waals surface area contributed by atoms with E-state index in [1.807, 2.05) is 52.8 Å². The molecule has 0 spiro atoms. The molecule has 0 saturated carbocycles. The number of aromatic nitrogens is 3. The third kappa shape index (κ3) is 4.71. The molecule has 0 aliphatic rings. The Hall–Kier alpha value is -3.13. The van der Waals surface area contributed by atoms with E-state index in [2.05, 4.69) is 19.9 Å². The summed E-state index contributed by atoms with van der Waals surface area (Å²) in [5.74, 6) is -0.672. The van der Waals surface area contributed by atoms with Crippen LogP contribution in [-0.4, -0.2) is 31.9 Å². The molecule has 8 heteroatoms. The Morgan fingerprint density at radius 2 is 1.80 bits per heavy atom. The van der Waals surface area contributed by atoms with Gasteiger partial charge in [0, 0.05) is 29.0 Å². The number of rotatable bonds is 5. The molecule has 0 radical (unpaired) electrons. The highest BCUT2D eigenvalue weighted by molar-refractivity contribution is 7.03. The summed E-state index contributed by atoms with van der Waals surface area (Å²) in [6, 6.07) is 8.29. The van der Waals surface area contributed by atoms with Crippen LogP contribution < -0.4 is 10.2 Å². The van der Waals surface area contributed by atoms with Gasteiger partial charge in [0.25, 0.3) is 5.91 Å². The Balaban J connectivity index is 2.22. The summed E-state index contributed by atoms with van der Waals surface area (Å²) in [6.45, 7) is 9.63. The molecule has 0 saturated heterocycles. The molecule has 2 amide bonds. The molecule has 0 bridgehead atoms. The number of pyridine rings is 1. The number of benzene rings is 1. The lowest BCUT2D eigenvalue weighted by Gasteiger charge is -2.34. The van der Waals surface area contributed by atoms with Gasteiger partial charge in [0.1, 0.15) is 6.04 Å². The summed E-state index contributed by atoms with van der Waals surface area (Å²) in [6.07, 6.45) is 3.23. The third-order valence-corrected chi connectivity index (χ3v) is 5.16. The van der Waals surface area contributed by atoms with E-state index in [9.17, 15) is 9.59 Å². The molecule has 0 fully saturated rings. The van der Waals surface area contributed by atoms with Crippen LogP contribution in [0.5, 0.6) is 0 Å². The molecule has 7 nitrogen and oxygen atoms in total. The van der Waals surface area contributed by atoms with Gasteiger partial charge in [-0.15, -0.1) is 5.10 Å². The maximum Gasteiger partial charge on any atom is 0.280 e. The van der Waals surface area contributed by atoms with E-state index in [0.29, 0.717) is 11.3 Å². The van der Waals surface area contributed by atoms with E-state index < -0.39 is 11.6 Å². The minimum Gasteiger partial charge on any atom is -0.349 e. The number of anilines is 1. The van der Waals surface area contributed by atoms with Crippen LogP contribution in [0.25, 0.3) is 0 Å². The van der Waals surface area contributed by atoms with Crippen molar-refractivity contribution in [1.29, 1.82) is 0 Å². The lowest BCUT2D eigenvalue weighted by Crippen LogP contribution is -2.49. The van der Waals surface area contributed by atoms with Crippen molar-refractivity contribution in [1.82, 2.24) is 19.9 Å². The maximum atomic E-state index is 13.6. The molecule has 2 heterocycles. The normalized spacial score (nSPS) is 12.3. The number of aryl methyl sites for hydroxylation is 1. The minimum atomic E-state index is -0.901. The van der Waals surface area contributed by atoms with Crippen LogP contribution in [0.3, 0.4) is 0 Å². The van der Waals surface area contributed by atoms with Gasteiger partial charge in [-0.25, -0.2) is 0 Å². The van der Waals surface area contributed by atoms with E-state index in [0.717, 1.165) is 22.7 Å². The monoisotopic (exact) mass is 423 g/mol. The van der Waals surface area contributed by atoms with E-state index in [4.69, 9.17) is 0 Å². The summed E-state index contributed by atoms with van der Waals surface area (Å²) < 4.78 is 3.83. The second-order valence-electron chi connectivity index (χ2n) is 8.11. The highest BCUT2D eigenvalue weighted by Crippen LogP contribution is 2.33. The van der Waals surface area contributed by atoms with Crippen LogP contribution in [0.15, 0.2) is 48.1 Å². The molecule has 30 heavy (non-hydrogen) atoms. The lowest BCUT2D eigenvalue weighted by atomic mass is 9.99.